The van der Waals surface area contributed by atoms with Crippen molar-refractivity contribution in [2.45, 2.75) is 36.6 Å². The Hall–Kier alpha value is -2.48. The fraction of sp³-hybridized carbons (Fsp3) is 0.400. The molecule has 1 aliphatic rings. The maximum atomic E-state index is 12.9. The Morgan fingerprint density at radius 1 is 1.00 bits per heavy atom. The van der Waals surface area contributed by atoms with Gasteiger partial charge in [-0.25, -0.2) is 8.42 Å². The Bertz CT molecular complexity index is 994. The predicted octanol–water partition coefficient (Wildman–Crippen LogP) is 3.68. The molecule has 2 aromatic carbocycles. The maximum absolute atomic E-state index is 12.9. The summed E-state index contributed by atoms with van der Waals surface area (Å²) < 4.78 is 27.3. The molecule has 2 aromatic rings. The molecular formula is C25H33N3O3S. The SMILES string of the molecule is CN(C)C(CNC(=O)/C=C/c1ccc(S(=O)(=O)N2CCCCCC2)cc1)c1ccccc1. The number of nitrogens with one attached hydrogen (secondary N) is 1. The highest BCUT2D eigenvalue weighted by Crippen LogP contribution is 2.21. The van der Waals surface area contributed by atoms with Crippen LogP contribution >= 0.6 is 0 Å². The average Bonchev–Trinajstić information content (AvgIpc) is 3.09. The molecular weight excluding hydrogens is 422 g/mol. The minimum Gasteiger partial charge on any atom is -0.351 e. The monoisotopic (exact) mass is 455 g/mol. The van der Waals surface area contributed by atoms with Crippen molar-refractivity contribution in [3.63, 3.8) is 0 Å². The lowest BCUT2D eigenvalue weighted by Gasteiger charge is -2.24. The lowest BCUT2D eigenvalue weighted by Crippen LogP contribution is -2.33. The predicted molar refractivity (Wildman–Crippen MR) is 129 cm³/mol. The molecule has 0 aliphatic carbocycles. The smallest absolute Gasteiger partial charge is 0.244 e. The summed E-state index contributed by atoms with van der Waals surface area (Å²) in [6.07, 6.45) is 7.17. The summed E-state index contributed by atoms with van der Waals surface area (Å²) in [7, 11) is 0.513. The fourth-order valence-electron chi connectivity index (χ4n) is 3.88. The topological polar surface area (TPSA) is 69.7 Å². The summed E-state index contributed by atoms with van der Waals surface area (Å²) in [4.78, 5) is 14.7. The number of carbonyl (C=O) groups excluding carboxylic acids is 1. The average molecular weight is 456 g/mol. The van der Waals surface area contributed by atoms with Crippen molar-refractivity contribution >= 4 is 22.0 Å². The molecule has 0 saturated carbocycles. The highest BCUT2D eigenvalue weighted by Gasteiger charge is 2.24. The quantitative estimate of drug-likeness (QED) is 0.617. The normalized spacial score (nSPS) is 16.7. The van der Waals surface area contributed by atoms with Crippen LogP contribution < -0.4 is 5.32 Å². The molecule has 1 atom stereocenters. The minimum atomic E-state index is -3.46. The van der Waals surface area contributed by atoms with E-state index in [1.54, 1.807) is 34.6 Å². The molecule has 1 fully saturated rings. The lowest BCUT2D eigenvalue weighted by atomic mass is 10.1. The molecule has 3 rings (SSSR count). The van der Waals surface area contributed by atoms with Crippen LogP contribution in [-0.4, -0.2) is 57.3 Å². The Labute approximate surface area is 192 Å². The molecule has 1 heterocycles. The van der Waals surface area contributed by atoms with Gasteiger partial charge in [0.15, 0.2) is 0 Å². The first kappa shape index (κ1) is 24.2. The van der Waals surface area contributed by atoms with Crippen LogP contribution in [0.3, 0.4) is 0 Å². The second-order valence-corrected chi connectivity index (χ2v) is 10.3. The Kier molecular flexibility index (Phi) is 8.61. The maximum Gasteiger partial charge on any atom is 0.244 e. The number of likely N-dealkylation sites (N-methyl/N-ethyl adjacent to an activating group) is 1. The zero-order valence-corrected chi connectivity index (χ0v) is 19.7. The van der Waals surface area contributed by atoms with Crippen LogP contribution in [0.1, 0.15) is 42.9 Å². The Balaban J connectivity index is 1.58. The van der Waals surface area contributed by atoms with Crippen molar-refractivity contribution in [3.05, 3.63) is 71.8 Å². The van der Waals surface area contributed by atoms with Crippen LogP contribution in [-0.2, 0) is 14.8 Å². The van der Waals surface area contributed by atoms with Crippen molar-refractivity contribution in [1.82, 2.24) is 14.5 Å². The highest BCUT2D eigenvalue weighted by atomic mass is 32.2. The van der Waals surface area contributed by atoms with E-state index in [0.717, 1.165) is 36.8 Å². The van der Waals surface area contributed by atoms with E-state index in [2.05, 4.69) is 10.2 Å². The van der Waals surface area contributed by atoms with Crippen LogP contribution in [0.2, 0.25) is 0 Å². The molecule has 7 heteroatoms. The van der Waals surface area contributed by atoms with Crippen molar-refractivity contribution < 1.29 is 13.2 Å². The summed E-state index contributed by atoms with van der Waals surface area (Å²) in [6, 6.07) is 16.8. The number of benzene rings is 2. The van der Waals surface area contributed by atoms with Gasteiger partial charge in [0.25, 0.3) is 0 Å². The zero-order valence-electron chi connectivity index (χ0n) is 18.9. The summed E-state index contributed by atoms with van der Waals surface area (Å²) in [6.45, 7) is 1.66. The second kappa shape index (κ2) is 11.4. The largest absolute Gasteiger partial charge is 0.351 e. The van der Waals surface area contributed by atoms with Gasteiger partial charge in [-0.1, -0.05) is 55.3 Å². The standard InChI is InChI=1S/C25H33N3O3S/c1-27(2)24(22-10-6-5-7-11-22)20-26-25(29)17-14-21-12-15-23(16-13-21)32(30,31)28-18-8-3-4-9-19-28/h5-7,10-17,24H,3-4,8-9,18-20H2,1-2H3,(H,26,29)/b17-14+. The summed E-state index contributed by atoms with van der Waals surface area (Å²) in [5.74, 6) is -0.186. The van der Waals surface area contributed by atoms with Gasteiger partial charge in [0.05, 0.1) is 10.9 Å². The number of rotatable bonds is 8. The van der Waals surface area contributed by atoms with E-state index in [9.17, 15) is 13.2 Å². The van der Waals surface area contributed by atoms with Gasteiger partial charge in [-0.05, 0) is 56.3 Å². The molecule has 6 nitrogen and oxygen atoms in total. The van der Waals surface area contributed by atoms with Crippen molar-refractivity contribution in [2.24, 2.45) is 0 Å². The number of sulfonamides is 1. The first-order valence-electron chi connectivity index (χ1n) is 11.2. The van der Waals surface area contributed by atoms with Crippen molar-refractivity contribution in [2.75, 3.05) is 33.7 Å². The summed E-state index contributed by atoms with van der Waals surface area (Å²) in [5, 5.41) is 2.95. The third-order valence-corrected chi connectivity index (χ3v) is 7.70. The third kappa shape index (κ3) is 6.51. The van der Waals surface area contributed by atoms with Crippen LogP contribution in [0.25, 0.3) is 6.08 Å². The van der Waals surface area contributed by atoms with Gasteiger partial charge in [-0.2, -0.15) is 4.31 Å². The van der Waals surface area contributed by atoms with Crippen LogP contribution in [0, 0.1) is 0 Å². The molecule has 172 valence electrons. The molecule has 1 saturated heterocycles. The van der Waals surface area contributed by atoms with Gasteiger partial charge in [0.1, 0.15) is 0 Å². The van der Waals surface area contributed by atoms with E-state index < -0.39 is 10.0 Å². The van der Waals surface area contributed by atoms with E-state index in [1.165, 1.54) is 6.08 Å². The molecule has 1 N–H and O–H groups in total. The number of hydrogen-bond donors (Lipinski definition) is 1. The molecule has 0 aromatic heterocycles. The van der Waals surface area contributed by atoms with Crippen LogP contribution in [0.4, 0.5) is 0 Å². The third-order valence-electron chi connectivity index (χ3n) is 5.79. The fourth-order valence-corrected chi connectivity index (χ4v) is 5.40. The first-order valence-corrected chi connectivity index (χ1v) is 12.6. The van der Waals surface area contributed by atoms with E-state index >= 15 is 0 Å². The van der Waals surface area contributed by atoms with Crippen LogP contribution in [0.15, 0.2) is 65.6 Å². The van der Waals surface area contributed by atoms with Gasteiger partial charge >= 0.3 is 0 Å². The van der Waals surface area contributed by atoms with Gasteiger partial charge in [-0.15, -0.1) is 0 Å². The molecule has 1 aliphatic heterocycles. The number of hydrogen-bond acceptors (Lipinski definition) is 4. The molecule has 0 spiro atoms. The van der Waals surface area contributed by atoms with Crippen molar-refractivity contribution in [1.29, 1.82) is 0 Å². The minimum absolute atomic E-state index is 0.0806. The number of nitrogens with zero attached hydrogens (tertiary/aromatic N) is 2. The first-order chi connectivity index (χ1) is 15.4. The van der Waals surface area contributed by atoms with Crippen molar-refractivity contribution in [3.8, 4) is 0 Å². The summed E-state index contributed by atoms with van der Waals surface area (Å²) in [5.41, 5.74) is 1.92. The summed E-state index contributed by atoms with van der Waals surface area (Å²) >= 11 is 0. The Morgan fingerprint density at radius 3 is 2.22 bits per heavy atom. The molecule has 0 radical (unpaired) electrons. The van der Waals surface area contributed by atoms with E-state index in [1.807, 2.05) is 44.4 Å². The lowest BCUT2D eigenvalue weighted by molar-refractivity contribution is -0.116. The Morgan fingerprint density at radius 2 is 1.62 bits per heavy atom. The highest BCUT2D eigenvalue weighted by molar-refractivity contribution is 7.89. The van der Waals surface area contributed by atoms with Gasteiger partial charge < -0.3 is 10.2 Å². The van der Waals surface area contributed by atoms with Gasteiger partial charge in [0.2, 0.25) is 15.9 Å². The number of carbonyl (C=O) groups is 1. The molecule has 1 amide bonds. The van der Waals surface area contributed by atoms with Crippen LogP contribution in [0.5, 0.6) is 0 Å². The van der Waals surface area contributed by atoms with Gasteiger partial charge in [0, 0.05) is 25.7 Å². The second-order valence-electron chi connectivity index (χ2n) is 8.36. The van der Waals surface area contributed by atoms with E-state index in [4.69, 9.17) is 0 Å². The zero-order chi connectivity index (χ0) is 23.0. The number of amides is 1. The molecule has 32 heavy (non-hydrogen) atoms. The van der Waals surface area contributed by atoms with E-state index in [0.29, 0.717) is 24.5 Å². The van der Waals surface area contributed by atoms with E-state index in [-0.39, 0.29) is 11.9 Å². The molecule has 0 bridgehead atoms. The van der Waals surface area contributed by atoms with Gasteiger partial charge in [-0.3, -0.25) is 4.79 Å². The molecule has 1 unspecified atom stereocenters.